The normalized spacial score (nSPS) is 11.8. The van der Waals surface area contributed by atoms with E-state index in [2.05, 4.69) is 0 Å². The summed E-state index contributed by atoms with van der Waals surface area (Å²) in [5.41, 5.74) is 0.606. The van der Waals surface area contributed by atoms with Crippen LogP contribution in [0.1, 0.15) is 5.56 Å². The van der Waals surface area contributed by atoms with Crippen LogP contribution in [0.2, 0.25) is 0 Å². The molecule has 0 spiro atoms. The Balaban J connectivity index is 2.04. The van der Waals surface area contributed by atoms with E-state index in [0.29, 0.717) is 28.6 Å². The first-order valence-corrected chi connectivity index (χ1v) is 5.52. The molecule has 0 bridgehead atoms. The summed E-state index contributed by atoms with van der Waals surface area (Å²) < 4.78 is 11.4. The van der Waals surface area contributed by atoms with Crippen molar-refractivity contribution in [3.05, 3.63) is 48.0 Å². The van der Waals surface area contributed by atoms with Crippen LogP contribution in [0.3, 0.4) is 0 Å². The van der Waals surface area contributed by atoms with Crippen LogP contribution in [0.25, 0.3) is 0 Å². The lowest BCUT2D eigenvalue weighted by Gasteiger charge is -2.22. The molecular weight excluding hydrogens is 232 g/mol. The monoisotopic (exact) mass is 242 g/mol. The summed E-state index contributed by atoms with van der Waals surface area (Å²) in [6.07, 6.45) is -0.0886. The van der Waals surface area contributed by atoms with Gasteiger partial charge in [-0.2, -0.15) is 0 Å². The number of hydrogen-bond donors (Lipinski definition) is 1. The maximum Gasteiger partial charge on any atom is 0.307 e. The molecule has 90 valence electrons. The van der Waals surface area contributed by atoms with Crippen LogP contribution >= 0.6 is 0 Å². The lowest BCUT2D eigenvalue weighted by atomic mass is 10.1. The van der Waals surface area contributed by atoms with E-state index >= 15 is 0 Å². The molecule has 4 heteroatoms. The summed E-state index contributed by atoms with van der Waals surface area (Å²) in [6.45, 7) is 0. The van der Waals surface area contributed by atoms with E-state index in [1.165, 1.54) is 0 Å². The molecule has 0 aromatic heterocycles. The van der Waals surface area contributed by atoms with Gasteiger partial charge in [-0.05, 0) is 18.2 Å². The molecule has 1 aliphatic rings. The molecule has 0 saturated carbocycles. The molecular formula is C14H10O4. The van der Waals surface area contributed by atoms with E-state index in [9.17, 15) is 4.79 Å². The van der Waals surface area contributed by atoms with Crippen molar-refractivity contribution in [3.8, 4) is 23.0 Å². The van der Waals surface area contributed by atoms with E-state index in [4.69, 9.17) is 14.6 Å². The largest absolute Gasteiger partial charge is 0.481 e. The number of hydrogen-bond acceptors (Lipinski definition) is 3. The minimum absolute atomic E-state index is 0.0886. The van der Waals surface area contributed by atoms with Crippen molar-refractivity contribution in [2.24, 2.45) is 0 Å². The van der Waals surface area contributed by atoms with Crippen molar-refractivity contribution in [1.82, 2.24) is 0 Å². The molecule has 2 aromatic carbocycles. The van der Waals surface area contributed by atoms with Gasteiger partial charge in [-0.1, -0.05) is 24.3 Å². The highest BCUT2D eigenvalue weighted by atomic mass is 16.6. The van der Waals surface area contributed by atoms with Crippen molar-refractivity contribution in [1.29, 1.82) is 0 Å². The van der Waals surface area contributed by atoms with Gasteiger partial charge in [-0.3, -0.25) is 4.79 Å². The fraction of sp³-hybridized carbons (Fsp3) is 0.0714. The van der Waals surface area contributed by atoms with E-state index in [1.54, 1.807) is 24.3 Å². The second-order valence-corrected chi connectivity index (χ2v) is 3.97. The van der Waals surface area contributed by atoms with Gasteiger partial charge >= 0.3 is 5.97 Å². The van der Waals surface area contributed by atoms with Gasteiger partial charge in [0, 0.05) is 5.56 Å². The number of ether oxygens (including phenoxy) is 2. The molecule has 1 N–H and O–H groups in total. The van der Waals surface area contributed by atoms with Crippen molar-refractivity contribution in [2.75, 3.05) is 0 Å². The van der Waals surface area contributed by atoms with Crippen molar-refractivity contribution in [2.45, 2.75) is 6.42 Å². The highest BCUT2D eigenvalue weighted by molar-refractivity contribution is 5.72. The Bertz CT molecular complexity index is 619. The topological polar surface area (TPSA) is 55.8 Å². The zero-order valence-corrected chi connectivity index (χ0v) is 9.42. The van der Waals surface area contributed by atoms with E-state index < -0.39 is 5.97 Å². The molecule has 0 fully saturated rings. The molecule has 0 aliphatic carbocycles. The fourth-order valence-electron chi connectivity index (χ4n) is 1.91. The third-order valence-electron chi connectivity index (χ3n) is 2.68. The second-order valence-electron chi connectivity index (χ2n) is 3.97. The van der Waals surface area contributed by atoms with E-state index in [0.717, 1.165) is 0 Å². The van der Waals surface area contributed by atoms with Crippen LogP contribution in [0, 0.1) is 0 Å². The maximum atomic E-state index is 10.8. The molecule has 0 saturated heterocycles. The predicted octanol–water partition coefficient (Wildman–Crippen LogP) is 3.21. The Kier molecular flexibility index (Phi) is 2.41. The average molecular weight is 242 g/mol. The third kappa shape index (κ3) is 1.78. The Labute approximate surface area is 103 Å². The number of carboxylic acid groups (broad SMARTS) is 1. The summed E-state index contributed by atoms with van der Waals surface area (Å²) in [5.74, 6) is 1.37. The summed E-state index contributed by atoms with van der Waals surface area (Å²) in [4.78, 5) is 10.8. The van der Waals surface area contributed by atoms with Crippen LogP contribution in [0.15, 0.2) is 42.5 Å². The SMILES string of the molecule is O=C(O)Cc1cccc2c1Oc1ccccc1O2. The van der Waals surface area contributed by atoms with E-state index in [-0.39, 0.29) is 6.42 Å². The quantitative estimate of drug-likeness (QED) is 0.749. The van der Waals surface area contributed by atoms with Crippen molar-refractivity contribution < 1.29 is 19.4 Å². The van der Waals surface area contributed by atoms with Crippen LogP contribution in [-0.2, 0) is 11.2 Å². The zero-order chi connectivity index (χ0) is 12.5. The number of benzene rings is 2. The second kappa shape index (κ2) is 4.07. The molecule has 0 amide bonds. The van der Waals surface area contributed by atoms with Crippen LogP contribution in [-0.4, -0.2) is 11.1 Å². The summed E-state index contributed by atoms with van der Waals surface area (Å²) in [5, 5.41) is 8.87. The van der Waals surface area contributed by atoms with Gasteiger partial charge in [-0.25, -0.2) is 0 Å². The highest BCUT2D eigenvalue weighted by Crippen LogP contribution is 2.46. The minimum Gasteiger partial charge on any atom is -0.481 e. The molecule has 1 heterocycles. The number of fused-ring (bicyclic) bond motifs is 2. The molecule has 18 heavy (non-hydrogen) atoms. The first kappa shape index (κ1) is 10.7. The fourth-order valence-corrected chi connectivity index (χ4v) is 1.91. The average Bonchev–Trinajstić information content (AvgIpc) is 2.36. The van der Waals surface area contributed by atoms with Crippen LogP contribution < -0.4 is 9.47 Å². The minimum atomic E-state index is -0.897. The standard InChI is InChI=1S/C14H10O4/c15-13(16)8-9-4-3-7-12-14(9)18-11-6-2-1-5-10(11)17-12/h1-7H,8H2,(H,15,16). The van der Waals surface area contributed by atoms with Gasteiger partial charge in [0.15, 0.2) is 23.0 Å². The Morgan fingerprint density at radius 2 is 1.61 bits per heavy atom. The molecule has 0 unspecified atom stereocenters. The molecule has 4 nitrogen and oxygen atoms in total. The lowest BCUT2D eigenvalue weighted by molar-refractivity contribution is -0.136. The first-order valence-electron chi connectivity index (χ1n) is 5.52. The number of carboxylic acids is 1. The maximum absolute atomic E-state index is 10.8. The number of para-hydroxylation sites is 3. The van der Waals surface area contributed by atoms with Crippen LogP contribution in [0.5, 0.6) is 23.0 Å². The van der Waals surface area contributed by atoms with Gasteiger partial charge in [-0.15, -0.1) is 0 Å². The molecule has 0 atom stereocenters. The highest BCUT2D eigenvalue weighted by Gasteiger charge is 2.21. The zero-order valence-electron chi connectivity index (χ0n) is 9.42. The van der Waals surface area contributed by atoms with Gasteiger partial charge in [0.05, 0.1) is 6.42 Å². The van der Waals surface area contributed by atoms with Gasteiger partial charge in [0.2, 0.25) is 0 Å². The summed E-state index contributed by atoms with van der Waals surface area (Å²) >= 11 is 0. The van der Waals surface area contributed by atoms with Crippen LogP contribution in [0.4, 0.5) is 0 Å². The number of carbonyl (C=O) groups is 1. The summed E-state index contributed by atoms with van der Waals surface area (Å²) in [7, 11) is 0. The molecule has 1 aliphatic heterocycles. The predicted molar refractivity (Wildman–Crippen MR) is 64.4 cm³/mol. The first-order chi connectivity index (χ1) is 8.74. The number of aliphatic carboxylic acids is 1. The Morgan fingerprint density at radius 1 is 0.944 bits per heavy atom. The summed E-state index contributed by atoms with van der Waals surface area (Å²) in [6, 6.07) is 12.5. The molecule has 2 aromatic rings. The van der Waals surface area contributed by atoms with Gasteiger partial charge in [0.1, 0.15) is 0 Å². The molecule has 3 rings (SSSR count). The van der Waals surface area contributed by atoms with Gasteiger partial charge < -0.3 is 14.6 Å². The van der Waals surface area contributed by atoms with Gasteiger partial charge in [0.25, 0.3) is 0 Å². The molecule has 0 radical (unpaired) electrons. The lowest BCUT2D eigenvalue weighted by Crippen LogP contribution is -2.05. The van der Waals surface area contributed by atoms with Crippen molar-refractivity contribution >= 4 is 5.97 Å². The Hall–Kier alpha value is -2.49. The third-order valence-corrected chi connectivity index (χ3v) is 2.68. The number of rotatable bonds is 2. The van der Waals surface area contributed by atoms with E-state index in [1.807, 2.05) is 18.2 Å². The van der Waals surface area contributed by atoms with Crippen molar-refractivity contribution in [3.63, 3.8) is 0 Å². The smallest absolute Gasteiger partial charge is 0.307 e. The Morgan fingerprint density at radius 3 is 2.33 bits per heavy atom.